The summed E-state index contributed by atoms with van der Waals surface area (Å²) in [6, 6.07) is 7.04. The van der Waals surface area contributed by atoms with E-state index in [1.807, 2.05) is 25.1 Å². The number of amides is 2. The highest BCUT2D eigenvalue weighted by atomic mass is 16.5. The Labute approximate surface area is 162 Å². The van der Waals surface area contributed by atoms with E-state index in [0.29, 0.717) is 48.3 Å². The van der Waals surface area contributed by atoms with Gasteiger partial charge in [-0.1, -0.05) is 0 Å². The highest BCUT2D eigenvalue weighted by molar-refractivity contribution is 5.91. The molecule has 146 valence electrons. The molecule has 0 saturated carbocycles. The normalized spacial score (nSPS) is 17.0. The third-order valence-corrected chi connectivity index (χ3v) is 4.49. The van der Waals surface area contributed by atoms with Gasteiger partial charge < -0.3 is 24.3 Å². The molecular formula is C19H22N6O3. The lowest BCUT2D eigenvalue weighted by Crippen LogP contribution is -2.44. The van der Waals surface area contributed by atoms with E-state index < -0.39 is 0 Å². The van der Waals surface area contributed by atoms with Crippen molar-refractivity contribution in [2.45, 2.75) is 13.0 Å². The standard InChI is InChI=1S/C19H22N6O3/c1-12-21-15-10-13(4-5-16(15)28-12)22-19(26)25-8-9-27-17(11-25)14-6-7-20-18(23-14)24(2)3/h4-7,10,17H,8-9,11H2,1-3H3,(H,22,26). The number of anilines is 2. The zero-order chi connectivity index (χ0) is 19.7. The molecule has 2 amide bonds. The van der Waals surface area contributed by atoms with Gasteiger partial charge in [-0.25, -0.2) is 19.7 Å². The van der Waals surface area contributed by atoms with E-state index in [4.69, 9.17) is 9.15 Å². The Kier molecular flexibility index (Phi) is 4.82. The number of nitrogens with one attached hydrogen (secondary N) is 1. The van der Waals surface area contributed by atoms with Crippen LogP contribution in [0.2, 0.25) is 0 Å². The summed E-state index contributed by atoms with van der Waals surface area (Å²) in [7, 11) is 3.77. The van der Waals surface area contributed by atoms with Crippen LogP contribution in [0.25, 0.3) is 11.1 Å². The summed E-state index contributed by atoms with van der Waals surface area (Å²) in [5.74, 6) is 1.20. The molecule has 28 heavy (non-hydrogen) atoms. The third-order valence-electron chi connectivity index (χ3n) is 4.49. The van der Waals surface area contributed by atoms with Crippen LogP contribution in [0.4, 0.5) is 16.4 Å². The first-order valence-electron chi connectivity index (χ1n) is 9.04. The summed E-state index contributed by atoms with van der Waals surface area (Å²) in [6.45, 7) is 3.17. The molecule has 2 aromatic heterocycles. The first-order chi connectivity index (χ1) is 13.5. The molecule has 1 aromatic carbocycles. The van der Waals surface area contributed by atoms with Crippen molar-refractivity contribution in [2.24, 2.45) is 0 Å². The number of ether oxygens (including phenoxy) is 1. The van der Waals surface area contributed by atoms with Crippen LogP contribution in [0.5, 0.6) is 0 Å². The molecule has 9 heteroatoms. The fourth-order valence-electron chi connectivity index (χ4n) is 3.09. The topological polar surface area (TPSA) is 96.6 Å². The minimum atomic E-state index is -0.290. The molecule has 4 rings (SSSR count). The van der Waals surface area contributed by atoms with E-state index in [9.17, 15) is 4.79 Å². The van der Waals surface area contributed by atoms with E-state index in [1.54, 1.807) is 36.2 Å². The minimum absolute atomic E-state index is 0.185. The Morgan fingerprint density at radius 3 is 2.96 bits per heavy atom. The number of carbonyl (C=O) groups excluding carboxylic acids is 1. The first-order valence-corrected chi connectivity index (χ1v) is 9.04. The maximum Gasteiger partial charge on any atom is 0.322 e. The van der Waals surface area contributed by atoms with Crippen molar-refractivity contribution in [1.82, 2.24) is 19.9 Å². The Morgan fingerprint density at radius 2 is 2.14 bits per heavy atom. The number of carbonyl (C=O) groups is 1. The van der Waals surface area contributed by atoms with Crippen LogP contribution in [0, 0.1) is 6.92 Å². The fraction of sp³-hybridized carbons (Fsp3) is 0.368. The van der Waals surface area contributed by atoms with Crippen LogP contribution in [-0.4, -0.2) is 59.7 Å². The number of benzene rings is 1. The van der Waals surface area contributed by atoms with Gasteiger partial charge in [0.2, 0.25) is 5.95 Å². The molecular weight excluding hydrogens is 360 g/mol. The van der Waals surface area contributed by atoms with E-state index in [-0.39, 0.29) is 12.1 Å². The van der Waals surface area contributed by atoms with Crippen LogP contribution in [0.15, 0.2) is 34.9 Å². The highest BCUT2D eigenvalue weighted by Crippen LogP contribution is 2.23. The summed E-state index contributed by atoms with van der Waals surface area (Å²) >= 11 is 0. The van der Waals surface area contributed by atoms with E-state index in [0.717, 1.165) is 5.69 Å². The van der Waals surface area contributed by atoms with Gasteiger partial charge in [-0.3, -0.25) is 0 Å². The third kappa shape index (κ3) is 3.74. The SMILES string of the molecule is Cc1nc2cc(NC(=O)N3CCOC(c4ccnc(N(C)C)n4)C3)ccc2o1. The molecule has 1 atom stereocenters. The van der Waals surface area contributed by atoms with Crippen molar-refractivity contribution in [3.8, 4) is 0 Å². The van der Waals surface area contributed by atoms with Crippen molar-refractivity contribution >= 4 is 28.8 Å². The van der Waals surface area contributed by atoms with Gasteiger partial charge in [0.05, 0.1) is 18.8 Å². The smallest absolute Gasteiger partial charge is 0.322 e. The van der Waals surface area contributed by atoms with Crippen LogP contribution in [0.3, 0.4) is 0 Å². The molecule has 3 heterocycles. The van der Waals surface area contributed by atoms with Gasteiger partial charge in [0.15, 0.2) is 11.5 Å². The molecule has 0 radical (unpaired) electrons. The van der Waals surface area contributed by atoms with Crippen LogP contribution in [-0.2, 0) is 4.74 Å². The second-order valence-corrected chi connectivity index (χ2v) is 6.83. The molecule has 0 spiro atoms. The summed E-state index contributed by atoms with van der Waals surface area (Å²) in [6.07, 6.45) is 1.41. The zero-order valence-corrected chi connectivity index (χ0v) is 16.0. The average Bonchev–Trinajstić information content (AvgIpc) is 3.07. The summed E-state index contributed by atoms with van der Waals surface area (Å²) in [5.41, 5.74) is 2.84. The number of rotatable bonds is 3. The van der Waals surface area contributed by atoms with Gasteiger partial charge in [0, 0.05) is 39.4 Å². The molecule has 1 aliphatic rings. The van der Waals surface area contributed by atoms with Gasteiger partial charge in [0.25, 0.3) is 0 Å². The van der Waals surface area contributed by atoms with Crippen molar-refractivity contribution in [1.29, 1.82) is 0 Å². The number of oxazole rings is 1. The molecule has 9 nitrogen and oxygen atoms in total. The van der Waals surface area contributed by atoms with Crippen LogP contribution in [0.1, 0.15) is 17.7 Å². The summed E-state index contributed by atoms with van der Waals surface area (Å²) in [4.78, 5) is 29.3. The Balaban J connectivity index is 1.46. The number of aromatic nitrogens is 3. The molecule has 0 bridgehead atoms. The van der Waals surface area contributed by atoms with E-state index >= 15 is 0 Å². The number of hydrogen-bond acceptors (Lipinski definition) is 7. The largest absolute Gasteiger partial charge is 0.441 e. The van der Waals surface area contributed by atoms with Crippen molar-refractivity contribution in [2.75, 3.05) is 44.0 Å². The molecule has 1 unspecified atom stereocenters. The highest BCUT2D eigenvalue weighted by Gasteiger charge is 2.27. The quantitative estimate of drug-likeness (QED) is 0.744. The summed E-state index contributed by atoms with van der Waals surface area (Å²) in [5, 5.41) is 2.92. The number of aryl methyl sites for hydroxylation is 1. The van der Waals surface area contributed by atoms with Crippen molar-refractivity contribution in [3.05, 3.63) is 42.0 Å². The lowest BCUT2D eigenvalue weighted by molar-refractivity contribution is -0.0157. The second-order valence-electron chi connectivity index (χ2n) is 6.83. The molecule has 1 aliphatic heterocycles. The number of fused-ring (bicyclic) bond motifs is 1. The van der Waals surface area contributed by atoms with Gasteiger partial charge >= 0.3 is 6.03 Å². The minimum Gasteiger partial charge on any atom is -0.441 e. The Hall–Kier alpha value is -3.20. The molecule has 0 aliphatic carbocycles. The zero-order valence-electron chi connectivity index (χ0n) is 16.0. The van der Waals surface area contributed by atoms with Crippen molar-refractivity contribution in [3.63, 3.8) is 0 Å². The monoisotopic (exact) mass is 382 g/mol. The molecule has 1 fully saturated rings. The fourth-order valence-corrected chi connectivity index (χ4v) is 3.09. The first kappa shape index (κ1) is 18.2. The lowest BCUT2D eigenvalue weighted by Gasteiger charge is -2.32. The predicted molar refractivity (Wildman–Crippen MR) is 104 cm³/mol. The maximum atomic E-state index is 12.7. The van der Waals surface area contributed by atoms with Gasteiger partial charge in [-0.15, -0.1) is 0 Å². The van der Waals surface area contributed by atoms with Crippen LogP contribution < -0.4 is 10.2 Å². The van der Waals surface area contributed by atoms with Gasteiger partial charge in [-0.2, -0.15) is 0 Å². The second kappa shape index (κ2) is 7.43. The Morgan fingerprint density at radius 1 is 1.29 bits per heavy atom. The molecule has 1 saturated heterocycles. The Bertz CT molecular complexity index is 1000. The van der Waals surface area contributed by atoms with Gasteiger partial charge in [-0.05, 0) is 24.3 Å². The maximum absolute atomic E-state index is 12.7. The van der Waals surface area contributed by atoms with E-state index in [2.05, 4.69) is 20.3 Å². The number of nitrogens with zero attached hydrogens (tertiary/aromatic N) is 5. The average molecular weight is 382 g/mol. The van der Waals surface area contributed by atoms with Crippen molar-refractivity contribution < 1.29 is 13.9 Å². The number of hydrogen-bond donors (Lipinski definition) is 1. The van der Waals surface area contributed by atoms with E-state index in [1.165, 1.54) is 0 Å². The number of urea groups is 1. The summed E-state index contributed by atoms with van der Waals surface area (Å²) < 4.78 is 11.3. The van der Waals surface area contributed by atoms with Crippen LogP contribution >= 0.6 is 0 Å². The molecule has 3 aromatic rings. The lowest BCUT2D eigenvalue weighted by atomic mass is 10.2. The predicted octanol–water partition coefficient (Wildman–Crippen LogP) is 2.60. The van der Waals surface area contributed by atoms with Gasteiger partial charge in [0.1, 0.15) is 11.6 Å². The molecule has 1 N–H and O–H groups in total. The number of morpholine rings is 1.